The quantitative estimate of drug-likeness (QED) is 0.793. The summed E-state index contributed by atoms with van der Waals surface area (Å²) in [5.41, 5.74) is 0. The van der Waals surface area contributed by atoms with E-state index >= 15 is 0 Å². The Balaban J connectivity index is 1.93. The third kappa shape index (κ3) is 4.01. The van der Waals surface area contributed by atoms with Gasteiger partial charge in [0, 0.05) is 12.6 Å². The number of hydrogen-bond donors (Lipinski definition) is 1. The molecule has 2 rings (SSSR count). The number of hydrogen-bond acceptors (Lipinski definition) is 4. The second-order valence-electron chi connectivity index (χ2n) is 5.50. The molecule has 2 heterocycles. The summed E-state index contributed by atoms with van der Waals surface area (Å²) in [6.07, 6.45) is 5.85. The van der Waals surface area contributed by atoms with Crippen LogP contribution < -0.4 is 0 Å². The largest absolute Gasteiger partial charge is 0.396 e. The lowest BCUT2D eigenvalue weighted by molar-refractivity contribution is 0.123. The summed E-state index contributed by atoms with van der Waals surface area (Å²) in [5, 5.41) is 13.4. The Morgan fingerprint density at radius 1 is 1.26 bits per heavy atom. The molecule has 0 spiro atoms. The Morgan fingerprint density at radius 3 is 2.79 bits per heavy atom. The van der Waals surface area contributed by atoms with Gasteiger partial charge in [-0.25, -0.2) is 9.67 Å². The SMILES string of the molecule is Cc1nc(C)n(CC2CCCCN2CCCCO)n1. The van der Waals surface area contributed by atoms with E-state index in [0.717, 1.165) is 37.6 Å². The van der Waals surface area contributed by atoms with Crippen molar-refractivity contribution >= 4 is 0 Å². The van der Waals surface area contributed by atoms with Crippen LogP contribution in [0.1, 0.15) is 43.8 Å². The van der Waals surface area contributed by atoms with Crippen LogP contribution in [0.2, 0.25) is 0 Å². The van der Waals surface area contributed by atoms with Crippen molar-refractivity contribution in [1.29, 1.82) is 0 Å². The zero-order valence-corrected chi connectivity index (χ0v) is 12.2. The van der Waals surface area contributed by atoms with Crippen LogP contribution in [-0.4, -0.2) is 50.5 Å². The van der Waals surface area contributed by atoms with Gasteiger partial charge < -0.3 is 5.11 Å². The van der Waals surface area contributed by atoms with E-state index in [-0.39, 0.29) is 0 Å². The highest BCUT2D eigenvalue weighted by molar-refractivity contribution is 4.89. The highest BCUT2D eigenvalue weighted by Crippen LogP contribution is 2.19. The van der Waals surface area contributed by atoms with Crippen LogP contribution in [0.4, 0.5) is 0 Å². The van der Waals surface area contributed by atoms with E-state index in [1.165, 1.54) is 25.8 Å². The summed E-state index contributed by atoms with van der Waals surface area (Å²) in [6.45, 7) is 7.51. The Morgan fingerprint density at radius 2 is 2.11 bits per heavy atom. The average molecular weight is 266 g/mol. The predicted molar refractivity (Wildman–Crippen MR) is 75.0 cm³/mol. The van der Waals surface area contributed by atoms with Gasteiger partial charge in [-0.05, 0) is 52.6 Å². The number of aliphatic hydroxyl groups excluding tert-OH is 1. The monoisotopic (exact) mass is 266 g/mol. The van der Waals surface area contributed by atoms with E-state index in [4.69, 9.17) is 5.11 Å². The molecule has 1 N–H and O–H groups in total. The topological polar surface area (TPSA) is 54.2 Å². The molecule has 0 bridgehead atoms. The minimum Gasteiger partial charge on any atom is -0.396 e. The van der Waals surface area contributed by atoms with Gasteiger partial charge in [0.15, 0.2) is 0 Å². The van der Waals surface area contributed by atoms with Crippen LogP contribution in [-0.2, 0) is 6.54 Å². The van der Waals surface area contributed by atoms with Crippen LogP contribution in [0, 0.1) is 13.8 Å². The lowest BCUT2D eigenvalue weighted by Gasteiger charge is -2.35. The van der Waals surface area contributed by atoms with E-state index < -0.39 is 0 Å². The first kappa shape index (κ1) is 14.5. The fourth-order valence-corrected chi connectivity index (χ4v) is 2.92. The number of aliphatic hydroxyl groups is 1. The average Bonchev–Trinajstić information content (AvgIpc) is 2.70. The molecule has 19 heavy (non-hydrogen) atoms. The van der Waals surface area contributed by atoms with E-state index in [1.807, 2.05) is 18.5 Å². The summed E-state index contributed by atoms with van der Waals surface area (Å²) in [5.74, 6) is 1.87. The maximum Gasteiger partial charge on any atom is 0.147 e. The third-order valence-electron chi connectivity index (χ3n) is 3.95. The molecule has 5 heteroatoms. The Kier molecular flexibility index (Phi) is 5.34. The molecule has 1 fully saturated rings. The first-order valence-electron chi connectivity index (χ1n) is 7.43. The molecular formula is C14H26N4O. The number of unbranched alkanes of at least 4 members (excludes halogenated alkanes) is 1. The molecule has 1 aromatic rings. The molecule has 1 atom stereocenters. The molecular weight excluding hydrogens is 240 g/mol. The smallest absolute Gasteiger partial charge is 0.147 e. The molecule has 1 aliphatic heterocycles. The van der Waals surface area contributed by atoms with Crippen molar-refractivity contribution in [2.45, 2.75) is 58.5 Å². The van der Waals surface area contributed by atoms with Crippen LogP contribution in [0.15, 0.2) is 0 Å². The van der Waals surface area contributed by atoms with Gasteiger partial charge in [-0.1, -0.05) is 6.42 Å². The summed E-state index contributed by atoms with van der Waals surface area (Å²) < 4.78 is 2.05. The second-order valence-corrected chi connectivity index (χ2v) is 5.50. The molecule has 1 aliphatic rings. The van der Waals surface area contributed by atoms with Crippen molar-refractivity contribution in [1.82, 2.24) is 19.7 Å². The first-order chi connectivity index (χ1) is 9.20. The second kappa shape index (κ2) is 7.01. The van der Waals surface area contributed by atoms with Crippen LogP contribution >= 0.6 is 0 Å². The number of piperidine rings is 1. The summed E-state index contributed by atoms with van der Waals surface area (Å²) in [7, 11) is 0. The lowest BCUT2D eigenvalue weighted by atomic mass is 10.0. The summed E-state index contributed by atoms with van der Waals surface area (Å²) in [4.78, 5) is 6.94. The number of nitrogens with zero attached hydrogens (tertiary/aromatic N) is 4. The number of likely N-dealkylation sites (tertiary alicyclic amines) is 1. The minimum absolute atomic E-state index is 0.305. The Labute approximate surface area is 115 Å². The summed E-state index contributed by atoms with van der Waals surface area (Å²) >= 11 is 0. The van der Waals surface area contributed by atoms with E-state index in [2.05, 4.69) is 15.0 Å². The molecule has 108 valence electrons. The van der Waals surface area contributed by atoms with Crippen LogP contribution in [0.3, 0.4) is 0 Å². The van der Waals surface area contributed by atoms with Gasteiger partial charge in [-0.15, -0.1) is 0 Å². The fourth-order valence-electron chi connectivity index (χ4n) is 2.92. The van der Waals surface area contributed by atoms with Gasteiger partial charge in [0.2, 0.25) is 0 Å². The maximum absolute atomic E-state index is 8.90. The van der Waals surface area contributed by atoms with Crippen molar-refractivity contribution in [3.8, 4) is 0 Å². The van der Waals surface area contributed by atoms with E-state index in [0.29, 0.717) is 12.6 Å². The third-order valence-corrected chi connectivity index (χ3v) is 3.95. The summed E-state index contributed by atoms with van der Waals surface area (Å²) in [6, 6.07) is 0.576. The molecule has 0 radical (unpaired) electrons. The van der Waals surface area contributed by atoms with Crippen LogP contribution in [0.25, 0.3) is 0 Å². The lowest BCUT2D eigenvalue weighted by Crippen LogP contribution is -2.43. The van der Waals surface area contributed by atoms with Gasteiger partial charge in [-0.2, -0.15) is 5.10 Å². The highest BCUT2D eigenvalue weighted by atomic mass is 16.2. The van der Waals surface area contributed by atoms with Gasteiger partial charge >= 0.3 is 0 Å². The number of aryl methyl sites for hydroxylation is 2. The van der Waals surface area contributed by atoms with Gasteiger partial charge in [0.25, 0.3) is 0 Å². The zero-order valence-electron chi connectivity index (χ0n) is 12.2. The predicted octanol–water partition coefficient (Wildman–Crippen LogP) is 1.52. The molecule has 0 saturated carbocycles. The van der Waals surface area contributed by atoms with Crippen molar-refractivity contribution in [2.24, 2.45) is 0 Å². The Bertz CT molecular complexity index is 391. The molecule has 5 nitrogen and oxygen atoms in total. The minimum atomic E-state index is 0.305. The standard InChI is InChI=1S/C14H26N4O/c1-12-15-13(2)18(16-12)11-14-7-3-4-8-17(14)9-5-6-10-19/h14,19H,3-11H2,1-2H3. The normalized spacial score (nSPS) is 20.9. The molecule has 0 aliphatic carbocycles. The van der Waals surface area contributed by atoms with Gasteiger partial charge in [0.1, 0.15) is 11.6 Å². The number of aromatic nitrogens is 3. The number of rotatable bonds is 6. The molecule has 0 amide bonds. The van der Waals surface area contributed by atoms with Crippen molar-refractivity contribution in [2.75, 3.05) is 19.7 Å². The first-order valence-corrected chi connectivity index (χ1v) is 7.43. The molecule has 1 aromatic heterocycles. The zero-order chi connectivity index (χ0) is 13.7. The maximum atomic E-state index is 8.90. The highest BCUT2D eigenvalue weighted by Gasteiger charge is 2.23. The van der Waals surface area contributed by atoms with Crippen molar-refractivity contribution in [3.05, 3.63) is 11.6 Å². The van der Waals surface area contributed by atoms with Crippen molar-refractivity contribution in [3.63, 3.8) is 0 Å². The van der Waals surface area contributed by atoms with E-state index in [1.54, 1.807) is 0 Å². The van der Waals surface area contributed by atoms with Crippen LogP contribution in [0.5, 0.6) is 0 Å². The van der Waals surface area contributed by atoms with E-state index in [9.17, 15) is 0 Å². The molecule has 1 unspecified atom stereocenters. The van der Waals surface area contributed by atoms with Gasteiger partial charge in [0.05, 0.1) is 6.54 Å². The fraction of sp³-hybridized carbons (Fsp3) is 0.857. The molecule has 0 aromatic carbocycles. The Hall–Kier alpha value is -0.940. The van der Waals surface area contributed by atoms with Crippen molar-refractivity contribution < 1.29 is 5.11 Å². The van der Waals surface area contributed by atoms with Gasteiger partial charge in [-0.3, -0.25) is 4.90 Å². The molecule has 1 saturated heterocycles.